The van der Waals surface area contributed by atoms with Gasteiger partial charge in [-0.15, -0.1) is 0 Å². The summed E-state index contributed by atoms with van der Waals surface area (Å²) in [5.41, 5.74) is 0.424. The summed E-state index contributed by atoms with van der Waals surface area (Å²) in [6.07, 6.45) is 20.2. The number of esters is 5. The molecule has 0 aromatic rings. The van der Waals surface area contributed by atoms with Gasteiger partial charge in [0.05, 0.1) is 55.3 Å². The van der Waals surface area contributed by atoms with E-state index in [1.54, 1.807) is 4.31 Å². The Hall–Kier alpha value is 2.54. The van der Waals surface area contributed by atoms with Gasteiger partial charge in [-0.05, 0) is 128 Å². The van der Waals surface area contributed by atoms with Crippen LogP contribution in [0.5, 0.6) is 0 Å². The molecule has 7 radical (unpaired) electrons. The predicted molar refractivity (Wildman–Crippen MR) is 393 cm³/mol. The average molecular weight is 1850 g/mol. The molecule has 0 aromatic carbocycles. The standard InChI is InChI=1S/C11H17NO2S.C10H18O3.C10H16O3.2C10H16O2.C9H16O2.C8H12O4.C7H8O2.CH4S.CH3.2B.IO4.4Na.Y.3H/c1-9(2)8-3-4-10(9)7-15(13,14)12-6-11(10,12)5-8;2*1-3-6-5(2)4-7-8(6)9(11)10(12)13-7;2*1-3-7-6(2)4-9-8(7)5-10(11)12-9;1-3-7-6(2)4-9(11)8(7)5-10;9-3-5-4-1-8(11)12-7(4)2-6(5)10;8-7-4-5-2-1-3-6(5)9-7;1-2;;;;2-1(3,4)5;;;;;;;;/h8H,3-7H2,1-2H3;5-12H,3-4H2,1-2H3;5-9,11H,3-4H2,1-2H3;2*6-9H,3-5H2,1-2H3;5-9,11H,3-4H2,1-2H3;4-7,9-10H,1-3H2;1-2,5-6H,3-4H2;2H,1H3;1H3;;;;;;;;;;;/q;;;;;;;;;-1;;;-1;4*+1;;3*-1/t8?,10-,11-,12?;5-,6+,7+,8-,9?,10?;5-,6+,7+,8-,9?;2*6-,7+,8-,9+;6-,7+,8?,9+;4-,5-,6-,7+;5-,6-;;;;;;;;;;;;;/m00000001............./s1/i;;;;;;;;1D;;;;;;;;;;;;. The van der Waals surface area contributed by atoms with Crippen LogP contribution < -0.4 is 152 Å². The Bertz CT molecular complexity index is 3050. The van der Waals surface area contributed by atoms with Crippen LogP contribution in [0, 0.1) is 131 Å². The van der Waals surface area contributed by atoms with Crippen LogP contribution in [0.15, 0.2) is 12.2 Å². The topological polar surface area (TPSA) is 409 Å². The molecule has 619 valence electrons. The molecule has 6 unspecified atom stereocenters. The third kappa shape index (κ3) is 25.5. The largest absolute Gasteiger partial charge is 1.00 e. The van der Waals surface area contributed by atoms with Crippen molar-refractivity contribution in [2.45, 2.75) is 278 Å². The molecule has 9 aliphatic carbocycles. The van der Waals surface area contributed by atoms with E-state index < -0.39 is 60.7 Å². The average Bonchev–Trinajstić information content (AvgIpc) is 1.45. The van der Waals surface area contributed by atoms with Gasteiger partial charge in [-0.2, -0.15) is 16.9 Å². The molecule has 35 heteroatoms. The molecule has 25 nitrogen and oxygen atoms in total. The fourth-order valence-electron chi connectivity index (χ4n) is 23.1. The molecule has 8 heterocycles. The number of thiol groups is 1. The summed E-state index contributed by atoms with van der Waals surface area (Å²) in [4.78, 5) is 65.1. The molecule has 17 aliphatic rings. The van der Waals surface area contributed by atoms with Crippen LogP contribution >= 0.6 is 12.6 Å². The van der Waals surface area contributed by atoms with E-state index in [-0.39, 0.29) is 305 Å². The van der Waals surface area contributed by atoms with Gasteiger partial charge in [0.1, 0.15) is 63.0 Å². The molecular formula is C77H129B2INNa4O24S2Y-. The summed E-state index contributed by atoms with van der Waals surface area (Å²) in [6.45, 7) is 27.2. The first-order valence-electron chi connectivity index (χ1n) is 39.3. The van der Waals surface area contributed by atoms with E-state index in [9.17, 15) is 62.7 Å². The Balaban J connectivity index is -0.000000603. The molecule has 0 amide bonds. The number of hydrogen-bond donors (Lipinski definition) is 7. The minimum absolute atomic E-state index is 0. The second kappa shape index (κ2) is 48.9. The zero-order valence-electron chi connectivity index (χ0n) is 73.8. The zero-order chi connectivity index (χ0) is 77.9. The van der Waals surface area contributed by atoms with Crippen LogP contribution in [0.25, 0.3) is 0 Å². The number of nitrogens with zero attached hydrogens (tertiary/aromatic N) is 1. The molecule has 8 saturated heterocycles. The first kappa shape index (κ1) is 113. The van der Waals surface area contributed by atoms with E-state index in [2.05, 4.69) is 108 Å². The summed E-state index contributed by atoms with van der Waals surface area (Å²) < 4.78 is 97.2. The van der Waals surface area contributed by atoms with Crippen LogP contribution in [0.3, 0.4) is 0 Å². The number of fused-ring (bicyclic) bond motifs is 7. The summed E-state index contributed by atoms with van der Waals surface area (Å²) in [5.74, 6) is 8.07. The Kier molecular flexibility index (Phi) is 49.1. The van der Waals surface area contributed by atoms with Gasteiger partial charge in [0.15, 0.2) is 12.4 Å². The SMILES string of the molecule is CC1(C)C2CC[C@]13CS(=O)(=O)N1C[C@]13C2.CC[C@H]1C(C=O)[C@H](O)C[C@@H]1C.CC[C@H]1[C@@H]2C(O)C(=O)O[C@@H]2C[C@@H]1C.CC[C@H]1[C@@H]2C(O)C(O)O[C@@H]2C[C@@H]1C.CC[C@H]1[C@@H]2CC(=O)O[C@@H]2C[C@@H]1C.CC[C@H]1[C@@H]2CC(=O)O[C@@H]2C[C@@H]1C.O=C1C[C@H]2C=CC[C@H]2O1.O=C1C[C@H]2[C@H](CO)[C@@H](O)C[C@H]2O1.[2H]CS.[B].[B].[CH3-].[H-].[H-].[H-].[Na+].[Na+].[Na+].[Na+].[O-][I+3]([O-])([O-])[O-].[Y]. The summed E-state index contributed by atoms with van der Waals surface area (Å²) in [7, 11) is -2.90. The normalized spacial score (nSPS) is 43.3. The van der Waals surface area contributed by atoms with Crippen LogP contribution in [-0.4, -0.2) is 194 Å². The number of carbonyl (C=O) groups is 6. The second-order valence-electron chi connectivity index (χ2n) is 33.7. The quantitative estimate of drug-likeness (QED) is 0.0143. The van der Waals surface area contributed by atoms with E-state index in [4.69, 9.17) is 48.6 Å². The molecule has 112 heavy (non-hydrogen) atoms. The summed E-state index contributed by atoms with van der Waals surface area (Å²) >= 11 is -2.48. The van der Waals surface area contributed by atoms with Crippen molar-refractivity contribution in [1.29, 1.82) is 0 Å². The Morgan fingerprint density at radius 1 is 0.616 bits per heavy atom. The molecular weight excluding hydrogens is 1720 g/mol. The smallest absolute Gasteiger partial charge is 1.00 e. The third-order valence-corrected chi connectivity index (χ3v) is 30.3. The number of aliphatic hydroxyl groups excluding tert-OH is 6. The number of aliphatic hydroxyl groups is 6. The van der Waals surface area contributed by atoms with Crippen molar-refractivity contribution in [3.63, 3.8) is 0 Å². The third-order valence-electron chi connectivity index (χ3n) is 28.3. The van der Waals surface area contributed by atoms with Crippen molar-refractivity contribution < 1.29 is 287 Å². The van der Waals surface area contributed by atoms with Crippen LogP contribution in [-0.2, 0) is 99.9 Å². The van der Waals surface area contributed by atoms with Crippen molar-refractivity contribution in [1.82, 2.24) is 4.31 Å². The molecule has 33 atom stereocenters. The van der Waals surface area contributed by atoms with E-state index in [0.29, 0.717) is 91.1 Å². The number of sulfonamides is 1. The fourth-order valence-corrected chi connectivity index (χ4v) is 25.8. The van der Waals surface area contributed by atoms with E-state index in [1.165, 1.54) is 19.3 Å². The van der Waals surface area contributed by atoms with Crippen molar-refractivity contribution in [2.75, 3.05) is 25.1 Å². The maximum absolute atomic E-state index is 12.0. The van der Waals surface area contributed by atoms with E-state index >= 15 is 0 Å². The van der Waals surface area contributed by atoms with Crippen molar-refractivity contribution in [3.05, 3.63) is 19.6 Å². The minimum Gasteiger partial charge on any atom is -1.00 e. The summed E-state index contributed by atoms with van der Waals surface area (Å²) in [6, 6.07) is 0. The fraction of sp³-hybridized carbons (Fsp3) is 0.883. The zero-order valence-corrected chi connectivity index (χ0v) is 84.5. The Morgan fingerprint density at radius 3 is 1.45 bits per heavy atom. The van der Waals surface area contributed by atoms with Gasteiger partial charge in [0, 0.05) is 130 Å². The van der Waals surface area contributed by atoms with Gasteiger partial charge >= 0.3 is 148 Å². The number of ether oxygens (including phenoxy) is 6. The number of carbonyl (C=O) groups excluding carboxylic acids is 6. The van der Waals surface area contributed by atoms with Gasteiger partial charge < -0.3 is 75.6 Å². The minimum atomic E-state index is -5.94. The monoisotopic (exact) mass is 1850 g/mol. The molecule has 2 bridgehead atoms. The van der Waals surface area contributed by atoms with Gasteiger partial charge in [-0.3, -0.25) is 32.9 Å². The number of rotatable bonds is 7. The van der Waals surface area contributed by atoms with Gasteiger partial charge in [0.25, 0.3) is 0 Å². The first-order valence-corrected chi connectivity index (χ1v) is 44.4. The van der Waals surface area contributed by atoms with Crippen molar-refractivity contribution in [2.24, 2.45) is 123 Å². The first-order chi connectivity index (χ1) is 49.3. The Labute approximate surface area is 802 Å². The molecule has 2 spiro atoms. The predicted octanol–water partition coefficient (Wildman–Crippen LogP) is -10.9. The molecule has 16 fully saturated rings. The van der Waals surface area contributed by atoms with Crippen LogP contribution in [0.1, 0.15) is 211 Å². The van der Waals surface area contributed by atoms with Gasteiger partial charge in [0.2, 0.25) is 10.0 Å². The summed E-state index contributed by atoms with van der Waals surface area (Å²) in [5, 5.41) is 56.5. The van der Waals surface area contributed by atoms with Crippen molar-refractivity contribution >= 4 is 75.6 Å². The number of aldehydes is 1. The molecule has 17 rings (SSSR count). The van der Waals surface area contributed by atoms with E-state index in [1.807, 2.05) is 0 Å². The molecule has 8 saturated carbocycles. The van der Waals surface area contributed by atoms with Gasteiger partial charge in [-0.25, -0.2) is 13.2 Å². The maximum atomic E-state index is 12.0. The number of halogens is 1. The van der Waals surface area contributed by atoms with Crippen LogP contribution in [0.4, 0.5) is 0 Å². The molecule has 0 aromatic heterocycles. The van der Waals surface area contributed by atoms with Gasteiger partial charge in [-0.1, -0.05) is 127 Å². The van der Waals surface area contributed by atoms with Crippen LogP contribution in [0.2, 0.25) is 0 Å². The van der Waals surface area contributed by atoms with E-state index in [0.717, 1.165) is 113 Å². The molecule has 8 aliphatic heterocycles. The van der Waals surface area contributed by atoms with Crippen molar-refractivity contribution in [3.8, 4) is 0 Å². The maximum Gasteiger partial charge on any atom is 1.00 e. The molecule has 6 N–H and O–H groups in total. The number of hydrogen-bond acceptors (Lipinski definition) is 25. The Morgan fingerprint density at radius 2 is 1.03 bits per heavy atom. The second-order valence-corrected chi connectivity index (χ2v) is 37.7.